The smallest absolute Gasteiger partial charge is 0.261 e. The van der Waals surface area contributed by atoms with E-state index in [2.05, 4.69) is 22.4 Å². The quantitative estimate of drug-likeness (QED) is 0.804. The van der Waals surface area contributed by atoms with E-state index in [9.17, 15) is 8.78 Å². The molecule has 2 atom stereocenters. The summed E-state index contributed by atoms with van der Waals surface area (Å²) in [5.41, 5.74) is 0. The third-order valence-electron chi connectivity index (χ3n) is 3.23. The van der Waals surface area contributed by atoms with Crippen LogP contribution in [0.1, 0.15) is 37.5 Å². The Balaban J connectivity index is 1.81. The minimum Gasteiger partial charge on any atom is -0.375 e. The zero-order valence-electron chi connectivity index (χ0n) is 10.9. The van der Waals surface area contributed by atoms with Crippen molar-refractivity contribution in [2.45, 2.75) is 38.7 Å². The van der Waals surface area contributed by atoms with Gasteiger partial charge in [-0.2, -0.15) is 4.98 Å². The lowest BCUT2D eigenvalue weighted by molar-refractivity contribution is 0.0182. The van der Waals surface area contributed by atoms with Crippen molar-refractivity contribution in [1.82, 2.24) is 15.5 Å². The summed E-state index contributed by atoms with van der Waals surface area (Å²) in [6, 6.07) is 0.0944. The normalized spacial score (nSPS) is 24.0. The number of hydrogen-bond donors (Lipinski definition) is 1. The molecule has 0 radical (unpaired) electrons. The number of aromatic nitrogens is 2. The number of hydrogen-bond acceptors (Lipinski definition) is 5. The van der Waals surface area contributed by atoms with Gasteiger partial charge < -0.3 is 14.6 Å². The topological polar surface area (TPSA) is 60.2 Å². The van der Waals surface area contributed by atoms with Crippen molar-refractivity contribution >= 4 is 0 Å². The number of rotatable bonds is 6. The third kappa shape index (κ3) is 4.21. The number of nitrogens with one attached hydrogen (secondary N) is 1. The van der Waals surface area contributed by atoms with E-state index >= 15 is 0 Å². The average Bonchev–Trinajstić information content (AvgIpc) is 2.83. The summed E-state index contributed by atoms with van der Waals surface area (Å²) < 4.78 is 33.7. The molecule has 0 amide bonds. The summed E-state index contributed by atoms with van der Waals surface area (Å²) in [7, 11) is 0. The van der Waals surface area contributed by atoms with Crippen LogP contribution < -0.4 is 5.32 Å². The molecule has 5 nitrogen and oxygen atoms in total. The van der Waals surface area contributed by atoms with Crippen molar-refractivity contribution in [1.29, 1.82) is 0 Å². The van der Waals surface area contributed by atoms with E-state index in [0.717, 1.165) is 19.4 Å². The first kappa shape index (κ1) is 14.3. The Bertz CT molecular complexity index is 387. The lowest BCUT2D eigenvalue weighted by Crippen LogP contribution is -2.33. The Morgan fingerprint density at radius 1 is 1.53 bits per heavy atom. The lowest BCUT2D eigenvalue weighted by atomic mass is 9.93. The van der Waals surface area contributed by atoms with Gasteiger partial charge in [-0.3, -0.25) is 0 Å². The molecule has 1 saturated heterocycles. The molecule has 1 aliphatic rings. The van der Waals surface area contributed by atoms with Crippen LogP contribution in [0.3, 0.4) is 0 Å². The Morgan fingerprint density at radius 2 is 2.37 bits per heavy atom. The Hall–Kier alpha value is -1.08. The minimum absolute atomic E-state index is 0.0944. The van der Waals surface area contributed by atoms with Crippen LogP contribution in [0.25, 0.3) is 0 Å². The predicted octanol–water partition coefficient (Wildman–Crippen LogP) is 1.95. The highest BCUT2D eigenvalue weighted by molar-refractivity contribution is 4.96. The fourth-order valence-corrected chi connectivity index (χ4v) is 2.21. The second-order valence-electron chi connectivity index (χ2n) is 4.82. The first-order valence-corrected chi connectivity index (χ1v) is 6.58. The van der Waals surface area contributed by atoms with Crippen LogP contribution in [0.4, 0.5) is 8.78 Å². The van der Waals surface area contributed by atoms with Crippen molar-refractivity contribution in [3.63, 3.8) is 0 Å². The Labute approximate surface area is 110 Å². The van der Waals surface area contributed by atoms with Crippen molar-refractivity contribution in [3.8, 4) is 0 Å². The van der Waals surface area contributed by atoms with Crippen LogP contribution >= 0.6 is 0 Å². The molecule has 0 aliphatic carbocycles. The van der Waals surface area contributed by atoms with Gasteiger partial charge in [0.25, 0.3) is 6.43 Å². The number of halogens is 2. The molecule has 1 aliphatic heterocycles. The zero-order chi connectivity index (χ0) is 13.7. The molecule has 19 heavy (non-hydrogen) atoms. The van der Waals surface area contributed by atoms with E-state index < -0.39 is 13.0 Å². The summed E-state index contributed by atoms with van der Waals surface area (Å²) in [5, 5.41) is 7.20. The highest BCUT2D eigenvalue weighted by Gasteiger charge is 2.27. The van der Waals surface area contributed by atoms with Crippen molar-refractivity contribution in [3.05, 3.63) is 11.7 Å². The van der Waals surface area contributed by atoms with Crippen LogP contribution in [0.2, 0.25) is 0 Å². The van der Waals surface area contributed by atoms with Gasteiger partial charge in [-0.05, 0) is 25.3 Å². The van der Waals surface area contributed by atoms with E-state index in [1.54, 1.807) is 0 Å². The fourth-order valence-electron chi connectivity index (χ4n) is 2.21. The van der Waals surface area contributed by atoms with Crippen LogP contribution in [-0.4, -0.2) is 36.3 Å². The second-order valence-corrected chi connectivity index (χ2v) is 4.82. The maximum Gasteiger partial charge on any atom is 0.261 e. The molecule has 0 bridgehead atoms. The van der Waals surface area contributed by atoms with Crippen LogP contribution in [0, 0.1) is 5.92 Å². The molecular formula is C12H19F2N3O2. The number of ether oxygens (including phenoxy) is 1. The van der Waals surface area contributed by atoms with Gasteiger partial charge in [0.2, 0.25) is 5.89 Å². The molecule has 1 aromatic rings. The van der Waals surface area contributed by atoms with Gasteiger partial charge in [-0.25, -0.2) is 8.78 Å². The molecule has 0 saturated carbocycles. The fraction of sp³-hybridized carbons (Fsp3) is 0.833. The number of piperidine rings is 1. The van der Waals surface area contributed by atoms with Crippen LogP contribution in [0.15, 0.2) is 4.52 Å². The van der Waals surface area contributed by atoms with Crippen molar-refractivity contribution in [2.75, 3.05) is 19.8 Å². The van der Waals surface area contributed by atoms with E-state index in [1.807, 2.05) is 0 Å². The molecule has 1 N–H and O–H groups in total. The maximum absolute atomic E-state index is 11.9. The van der Waals surface area contributed by atoms with Gasteiger partial charge in [0.05, 0.1) is 12.6 Å². The molecule has 2 heterocycles. The predicted molar refractivity (Wildman–Crippen MR) is 64.0 cm³/mol. The van der Waals surface area contributed by atoms with Crippen LogP contribution in [-0.2, 0) is 11.2 Å². The summed E-state index contributed by atoms with van der Waals surface area (Å²) >= 11 is 0. The molecule has 108 valence electrons. The van der Waals surface area contributed by atoms with Gasteiger partial charge in [0.15, 0.2) is 5.82 Å². The number of nitrogens with zero attached hydrogens (tertiary/aromatic N) is 2. The molecule has 2 unspecified atom stereocenters. The number of alkyl halides is 2. The Morgan fingerprint density at radius 3 is 3.11 bits per heavy atom. The second kappa shape index (κ2) is 6.91. The lowest BCUT2D eigenvalue weighted by Gasteiger charge is -2.26. The highest BCUT2D eigenvalue weighted by atomic mass is 19.3. The van der Waals surface area contributed by atoms with Crippen LogP contribution in [0.5, 0.6) is 0 Å². The standard InChI is InChI=1S/C12H19F2N3O2/c1-8-3-2-5-15-11(8)12-16-10(17-19-12)4-6-18-7-9(13)14/h8-9,11,15H,2-7H2,1H3. The van der Waals surface area contributed by atoms with E-state index in [4.69, 9.17) is 9.26 Å². The first-order chi connectivity index (χ1) is 9.16. The summed E-state index contributed by atoms with van der Waals surface area (Å²) in [5.74, 6) is 1.54. The summed E-state index contributed by atoms with van der Waals surface area (Å²) in [4.78, 5) is 4.29. The minimum atomic E-state index is -2.44. The largest absolute Gasteiger partial charge is 0.375 e. The molecule has 1 fully saturated rings. The van der Waals surface area contributed by atoms with Gasteiger partial charge >= 0.3 is 0 Å². The van der Waals surface area contributed by atoms with E-state index in [0.29, 0.717) is 24.1 Å². The van der Waals surface area contributed by atoms with Gasteiger partial charge in [0.1, 0.15) is 6.61 Å². The molecule has 0 aromatic carbocycles. The molecular weight excluding hydrogens is 256 g/mol. The van der Waals surface area contributed by atoms with Gasteiger partial charge in [-0.15, -0.1) is 0 Å². The monoisotopic (exact) mass is 275 g/mol. The summed E-state index contributed by atoms with van der Waals surface area (Å²) in [6.45, 7) is 2.72. The molecule has 0 spiro atoms. The third-order valence-corrected chi connectivity index (χ3v) is 3.23. The van der Waals surface area contributed by atoms with E-state index in [-0.39, 0.29) is 12.6 Å². The van der Waals surface area contributed by atoms with Gasteiger partial charge in [-0.1, -0.05) is 12.1 Å². The molecule has 2 rings (SSSR count). The molecule has 1 aromatic heterocycles. The SMILES string of the molecule is CC1CCCNC1c1nc(CCOCC(F)F)no1. The highest BCUT2D eigenvalue weighted by Crippen LogP contribution is 2.27. The van der Waals surface area contributed by atoms with E-state index in [1.165, 1.54) is 0 Å². The summed E-state index contributed by atoms with van der Waals surface area (Å²) in [6.07, 6.45) is 0.234. The molecule has 7 heteroatoms. The van der Waals surface area contributed by atoms with Gasteiger partial charge in [0, 0.05) is 6.42 Å². The maximum atomic E-state index is 11.9. The van der Waals surface area contributed by atoms with Crippen molar-refractivity contribution in [2.24, 2.45) is 5.92 Å². The van der Waals surface area contributed by atoms with Crippen molar-refractivity contribution < 1.29 is 18.0 Å². The Kier molecular flexibility index (Phi) is 5.21. The zero-order valence-corrected chi connectivity index (χ0v) is 10.9. The first-order valence-electron chi connectivity index (χ1n) is 6.58. The average molecular weight is 275 g/mol.